The van der Waals surface area contributed by atoms with E-state index in [0.717, 1.165) is 11.5 Å². The van der Waals surface area contributed by atoms with Gasteiger partial charge in [-0.1, -0.05) is 0 Å². The average Bonchev–Trinajstić information content (AvgIpc) is 3.16. The molecule has 0 aliphatic rings. The fourth-order valence-corrected chi connectivity index (χ4v) is 2.67. The third-order valence-electron chi connectivity index (χ3n) is 4.07. The van der Waals surface area contributed by atoms with Crippen molar-refractivity contribution in [3.05, 3.63) is 47.2 Å². The van der Waals surface area contributed by atoms with Gasteiger partial charge in [-0.2, -0.15) is 0 Å². The van der Waals surface area contributed by atoms with Crippen LogP contribution in [0.2, 0.25) is 0 Å². The highest BCUT2D eigenvalue weighted by molar-refractivity contribution is 5.99. The average molecular weight is 389 g/mol. The molecule has 0 aromatic carbocycles. The van der Waals surface area contributed by atoms with Crippen LogP contribution in [0.25, 0.3) is 0 Å². The Morgan fingerprint density at radius 1 is 1.25 bits per heavy atom. The molecule has 0 aliphatic carbocycles. The van der Waals surface area contributed by atoms with E-state index >= 15 is 0 Å². The molecule has 2 heterocycles. The number of esters is 1. The van der Waals surface area contributed by atoms with Gasteiger partial charge in [0, 0.05) is 16.9 Å². The minimum Gasteiger partial charge on any atom is -0.467 e. The van der Waals surface area contributed by atoms with E-state index < -0.39 is 29.6 Å². The van der Waals surface area contributed by atoms with E-state index in [1.165, 1.54) is 6.92 Å². The van der Waals surface area contributed by atoms with Crippen molar-refractivity contribution in [2.24, 2.45) is 0 Å². The standard InChI is InChI=1S/C20H27N3O5/c1-12-10-16(13(2)23(12)11-15-8-7-9-27-15)18(25)28-14(3)17(24)21-19(26)22-20(4,5)6/h7-10,14H,11H2,1-6H3,(H2,21,22,24,26). The van der Waals surface area contributed by atoms with Crippen LogP contribution >= 0.6 is 0 Å². The summed E-state index contributed by atoms with van der Waals surface area (Å²) in [7, 11) is 0. The van der Waals surface area contributed by atoms with Crippen LogP contribution in [0.1, 0.15) is 55.2 Å². The van der Waals surface area contributed by atoms with E-state index in [-0.39, 0.29) is 0 Å². The molecule has 1 atom stereocenters. The largest absolute Gasteiger partial charge is 0.467 e. The second-order valence-electron chi connectivity index (χ2n) is 7.69. The smallest absolute Gasteiger partial charge is 0.340 e. The number of aryl methyl sites for hydroxylation is 1. The second kappa shape index (κ2) is 8.33. The monoisotopic (exact) mass is 389 g/mol. The first kappa shape index (κ1) is 21.3. The Morgan fingerprint density at radius 3 is 2.50 bits per heavy atom. The van der Waals surface area contributed by atoms with Crippen LogP contribution in [-0.2, 0) is 16.1 Å². The number of rotatable bonds is 5. The van der Waals surface area contributed by atoms with Gasteiger partial charge in [0.05, 0.1) is 18.4 Å². The summed E-state index contributed by atoms with van der Waals surface area (Å²) in [5.74, 6) is -0.559. The first-order valence-corrected chi connectivity index (χ1v) is 9.01. The number of urea groups is 1. The normalized spacial score (nSPS) is 12.4. The van der Waals surface area contributed by atoms with Crippen molar-refractivity contribution >= 4 is 17.9 Å². The Labute approximate surface area is 164 Å². The summed E-state index contributed by atoms with van der Waals surface area (Å²) in [6.45, 7) is 10.9. The fraction of sp³-hybridized carbons (Fsp3) is 0.450. The number of nitrogens with zero attached hydrogens (tertiary/aromatic N) is 1. The first-order valence-electron chi connectivity index (χ1n) is 9.01. The Morgan fingerprint density at radius 2 is 1.93 bits per heavy atom. The van der Waals surface area contributed by atoms with Gasteiger partial charge < -0.3 is 19.0 Å². The summed E-state index contributed by atoms with van der Waals surface area (Å²) in [6, 6.07) is 4.72. The highest BCUT2D eigenvalue weighted by Crippen LogP contribution is 2.19. The van der Waals surface area contributed by atoms with E-state index in [1.54, 1.807) is 46.1 Å². The number of carbonyl (C=O) groups is 3. The minimum atomic E-state index is -1.12. The van der Waals surface area contributed by atoms with Crippen LogP contribution in [0.5, 0.6) is 0 Å². The van der Waals surface area contributed by atoms with E-state index in [9.17, 15) is 14.4 Å². The quantitative estimate of drug-likeness (QED) is 0.766. The lowest BCUT2D eigenvalue weighted by atomic mass is 10.1. The summed E-state index contributed by atoms with van der Waals surface area (Å²) in [4.78, 5) is 36.4. The third kappa shape index (κ3) is 5.48. The maximum absolute atomic E-state index is 12.5. The molecule has 28 heavy (non-hydrogen) atoms. The molecule has 0 saturated carbocycles. The number of furan rings is 1. The van der Waals surface area contributed by atoms with Gasteiger partial charge in [0.15, 0.2) is 6.10 Å². The number of carbonyl (C=O) groups excluding carboxylic acids is 3. The van der Waals surface area contributed by atoms with E-state index in [4.69, 9.17) is 9.15 Å². The molecule has 8 heteroatoms. The zero-order valence-electron chi connectivity index (χ0n) is 17.1. The van der Waals surface area contributed by atoms with E-state index in [2.05, 4.69) is 10.6 Å². The Balaban J connectivity index is 2.02. The molecule has 0 aliphatic heterocycles. The highest BCUT2D eigenvalue weighted by Gasteiger charge is 2.25. The van der Waals surface area contributed by atoms with Crippen LogP contribution in [0.3, 0.4) is 0 Å². The molecule has 0 spiro atoms. The second-order valence-corrected chi connectivity index (χ2v) is 7.69. The molecule has 3 amide bonds. The predicted molar refractivity (Wildman–Crippen MR) is 103 cm³/mol. The minimum absolute atomic E-state index is 0.364. The number of nitrogens with one attached hydrogen (secondary N) is 2. The van der Waals surface area contributed by atoms with Crippen LogP contribution < -0.4 is 10.6 Å². The Hall–Kier alpha value is -3.03. The van der Waals surface area contributed by atoms with Crippen molar-refractivity contribution in [1.82, 2.24) is 15.2 Å². The number of amides is 3. The zero-order valence-corrected chi connectivity index (χ0v) is 17.1. The number of imide groups is 1. The molecule has 0 saturated heterocycles. The molecule has 152 valence electrons. The summed E-state index contributed by atoms with van der Waals surface area (Å²) in [6.07, 6.45) is 0.473. The maximum atomic E-state index is 12.5. The van der Waals surface area contributed by atoms with Crippen LogP contribution in [0.4, 0.5) is 4.79 Å². The highest BCUT2D eigenvalue weighted by atomic mass is 16.5. The molecule has 2 rings (SSSR count). The van der Waals surface area contributed by atoms with Crippen LogP contribution in [-0.4, -0.2) is 34.1 Å². The van der Waals surface area contributed by atoms with E-state index in [1.807, 2.05) is 17.6 Å². The molecular formula is C20H27N3O5. The van der Waals surface area contributed by atoms with E-state index in [0.29, 0.717) is 17.8 Å². The summed E-state index contributed by atoms with van der Waals surface area (Å²) >= 11 is 0. The zero-order chi connectivity index (χ0) is 21.1. The third-order valence-corrected chi connectivity index (χ3v) is 4.07. The summed E-state index contributed by atoms with van der Waals surface area (Å²) < 4.78 is 12.5. The van der Waals surface area contributed by atoms with Gasteiger partial charge >= 0.3 is 12.0 Å². The molecule has 1 unspecified atom stereocenters. The number of aromatic nitrogens is 1. The summed E-state index contributed by atoms with van der Waals surface area (Å²) in [5.41, 5.74) is 1.44. The van der Waals surface area contributed by atoms with Crippen molar-refractivity contribution < 1.29 is 23.5 Å². The lowest BCUT2D eigenvalue weighted by Gasteiger charge is -2.21. The Bertz CT molecular complexity index is 859. The molecule has 0 bridgehead atoms. The molecular weight excluding hydrogens is 362 g/mol. The molecule has 2 N–H and O–H groups in total. The van der Waals surface area contributed by atoms with Gasteiger partial charge in [-0.25, -0.2) is 9.59 Å². The molecule has 2 aromatic heterocycles. The van der Waals surface area contributed by atoms with Crippen LogP contribution in [0, 0.1) is 13.8 Å². The SMILES string of the molecule is Cc1cc(C(=O)OC(C)C(=O)NC(=O)NC(C)(C)C)c(C)n1Cc1ccco1. The van der Waals surface area contributed by atoms with Gasteiger partial charge in [0.2, 0.25) is 0 Å². The Kier molecular flexibility index (Phi) is 6.33. The lowest BCUT2D eigenvalue weighted by molar-refractivity contribution is -0.127. The van der Waals surface area contributed by atoms with Crippen molar-refractivity contribution in [2.45, 2.75) is 59.7 Å². The number of hydrogen-bond acceptors (Lipinski definition) is 5. The van der Waals surface area contributed by atoms with Crippen molar-refractivity contribution in [3.63, 3.8) is 0 Å². The van der Waals surface area contributed by atoms with Gasteiger partial charge in [0.25, 0.3) is 5.91 Å². The molecule has 0 fully saturated rings. The van der Waals surface area contributed by atoms with Gasteiger partial charge in [-0.3, -0.25) is 10.1 Å². The van der Waals surface area contributed by atoms with Crippen molar-refractivity contribution in [3.8, 4) is 0 Å². The first-order chi connectivity index (χ1) is 13.0. The van der Waals surface area contributed by atoms with Gasteiger partial charge in [-0.05, 0) is 59.7 Å². The predicted octanol–water partition coefficient (Wildman–Crippen LogP) is 2.92. The summed E-state index contributed by atoms with van der Waals surface area (Å²) in [5, 5.41) is 4.78. The van der Waals surface area contributed by atoms with Gasteiger partial charge in [-0.15, -0.1) is 0 Å². The molecule has 8 nitrogen and oxygen atoms in total. The van der Waals surface area contributed by atoms with Crippen molar-refractivity contribution in [1.29, 1.82) is 0 Å². The fourth-order valence-electron chi connectivity index (χ4n) is 2.67. The molecule has 2 aromatic rings. The maximum Gasteiger partial charge on any atom is 0.340 e. The topological polar surface area (TPSA) is 103 Å². The number of ether oxygens (including phenoxy) is 1. The molecule has 0 radical (unpaired) electrons. The number of hydrogen-bond donors (Lipinski definition) is 2. The van der Waals surface area contributed by atoms with Crippen LogP contribution in [0.15, 0.2) is 28.9 Å². The van der Waals surface area contributed by atoms with Gasteiger partial charge in [0.1, 0.15) is 5.76 Å². The van der Waals surface area contributed by atoms with Crippen molar-refractivity contribution in [2.75, 3.05) is 0 Å². The lowest BCUT2D eigenvalue weighted by Crippen LogP contribution is -2.50.